The van der Waals surface area contributed by atoms with Crippen molar-refractivity contribution < 1.29 is 28.8 Å². The number of ether oxygens (including phenoxy) is 5. The lowest BCUT2D eigenvalue weighted by atomic mass is 10.2. The van der Waals surface area contributed by atoms with Gasteiger partial charge in [0, 0.05) is 0 Å². The molecule has 0 heterocycles. The zero-order valence-electron chi connectivity index (χ0n) is 18.2. The highest BCUT2D eigenvalue weighted by Crippen LogP contribution is 2.13. The standard InChI is InChI=1S/C25H32O6/c1-4-30-20(2)31-25(11-8-16-28-17-21-9-6-5-7-10-21)24(26)19-29-18-22-12-14-23(27-3)15-13-22/h5-15,24-26H,2,4,16-19H2,1,3H3/b11-8+/t24-,25-/m0/s1. The molecule has 6 heteroatoms. The smallest absolute Gasteiger partial charge is 0.272 e. The lowest BCUT2D eigenvalue weighted by molar-refractivity contribution is -0.0683. The normalized spacial score (nSPS) is 13.0. The van der Waals surface area contributed by atoms with Gasteiger partial charge in [0.15, 0.2) is 0 Å². The monoisotopic (exact) mass is 428 g/mol. The van der Waals surface area contributed by atoms with Gasteiger partial charge in [-0.25, -0.2) is 0 Å². The molecule has 0 bridgehead atoms. The molecule has 0 aliphatic carbocycles. The first-order valence-corrected chi connectivity index (χ1v) is 10.3. The molecule has 0 spiro atoms. The fourth-order valence-corrected chi connectivity index (χ4v) is 2.72. The summed E-state index contributed by atoms with van der Waals surface area (Å²) in [5.74, 6) is 0.933. The summed E-state index contributed by atoms with van der Waals surface area (Å²) in [6.07, 6.45) is 1.96. The summed E-state index contributed by atoms with van der Waals surface area (Å²) in [4.78, 5) is 0. The van der Waals surface area contributed by atoms with E-state index in [1.807, 2.05) is 61.5 Å². The van der Waals surface area contributed by atoms with Crippen LogP contribution in [0.4, 0.5) is 0 Å². The Morgan fingerprint density at radius 3 is 2.35 bits per heavy atom. The maximum absolute atomic E-state index is 10.6. The summed E-state index contributed by atoms with van der Waals surface area (Å²) in [6.45, 7) is 7.34. The van der Waals surface area contributed by atoms with Crippen molar-refractivity contribution in [3.8, 4) is 5.75 Å². The van der Waals surface area contributed by atoms with E-state index in [0.717, 1.165) is 16.9 Å². The van der Waals surface area contributed by atoms with Gasteiger partial charge >= 0.3 is 0 Å². The molecule has 2 aromatic carbocycles. The van der Waals surface area contributed by atoms with Crippen molar-refractivity contribution in [2.75, 3.05) is 26.9 Å². The van der Waals surface area contributed by atoms with Crippen LogP contribution in [0.2, 0.25) is 0 Å². The maximum atomic E-state index is 10.6. The van der Waals surface area contributed by atoms with Gasteiger partial charge in [-0.1, -0.05) is 48.5 Å². The maximum Gasteiger partial charge on any atom is 0.272 e. The number of benzene rings is 2. The molecule has 2 aromatic rings. The summed E-state index contributed by atoms with van der Waals surface area (Å²) in [7, 11) is 1.62. The third kappa shape index (κ3) is 9.70. The van der Waals surface area contributed by atoms with Crippen LogP contribution in [0.1, 0.15) is 18.1 Å². The van der Waals surface area contributed by atoms with Gasteiger partial charge in [0.2, 0.25) is 0 Å². The highest BCUT2D eigenvalue weighted by molar-refractivity contribution is 5.26. The van der Waals surface area contributed by atoms with Crippen LogP contribution in [0, 0.1) is 0 Å². The van der Waals surface area contributed by atoms with E-state index >= 15 is 0 Å². The zero-order chi connectivity index (χ0) is 22.3. The van der Waals surface area contributed by atoms with Gasteiger partial charge in [0.05, 0.1) is 40.1 Å². The van der Waals surface area contributed by atoms with Gasteiger partial charge in [-0.05, 0) is 42.8 Å². The molecule has 0 saturated heterocycles. The van der Waals surface area contributed by atoms with E-state index in [2.05, 4.69) is 6.58 Å². The second-order valence-corrected chi connectivity index (χ2v) is 6.75. The number of hydrogen-bond acceptors (Lipinski definition) is 6. The van der Waals surface area contributed by atoms with Gasteiger partial charge in [-0.15, -0.1) is 0 Å². The van der Waals surface area contributed by atoms with Crippen molar-refractivity contribution in [2.45, 2.75) is 32.3 Å². The van der Waals surface area contributed by atoms with Crippen LogP contribution in [0.5, 0.6) is 5.75 Å². The van der Waals surface area contributed by atoms with E-state index in [-0.39, 0.29) is 12.6 Å². The molecule has 2 rings (SSSR count). The van der Waals surface area contributed by atoms with Gasteiger partial charge < -0.3 is 28.8 Å². The second-order valence-electron chi connectivity index (χ2n) is 6.75. The van der Waals surface area contributed by atoms with Crippen molar-refractivity contribution in [3.63, 3.8) is 0 Å². The minimum absolute atomic E-state index is 0.0886. The van der Waals surface area contributed by atoms with Crippen LogP contribution >= 0.6 is 0 Å². The lowest BCUT2D eigenvalue weighted by Crippen LogP contribution is -2.31. The number of hydrogen-bond donors (Lipinski definition) is 1. The highest BCUT2D eigenvalue weighted by Gasteiger charge is 2.19. The number of methoxy groups -OCH3 is 1. The summed E-state index contributed by atoms with van der Waals surface area (Å²) >= 11 is 0. The average molecular weight is 429 g/mol. The first kappa shape index (κ1) is 24.5. The van der Waals surface area contributed by atoms with Gasteiger partial charge in [0.1, 0.15) is 18.0 Å². The minimum atomic E-state index is -0.902. The van der Waals surface area contributed by atoms with Crippen molar-refractivity contribution >= 4 is 0 Å². The largest absolute Gasteiger partial charge is 0.497 e. The van der Waals surface area contributed by atoms with Crippen LogP contribution in [0.25, 0.3) is 0 Å². The Morgan fingerprint density at radius 1 is 1.00 bits per heavy atom. The average Bonchev–Trinajstić information content (AvgIpc) is 2.79. The summed E-state index contributed by atoms with van der Waals surface area (Å²) < 4.78 is 27.3. The molecule has 168 valence electrons. The molecule has 1 N–H and O–H groups in total. The predicted octanol–water partition coefficient (Wildman–Crippen LogP) is 4.24. The third-order valence-corrected chi connectivity index (χ3v) is 4.32. The number of rotatable bonds is 15. The van der Waals surface area contributed by atoms with Gasteiger partial charge in [-0.2, -0.15) is 0 Å². The Bertz CT molecular complexity index is 772. The second kappa shape index (κ2) is 14.2. The van der Waals surface area contributed by atoms with E-state index in [1.165, 1.54) is 0 Å². The molecule has 0 aliphatic heterocycles. The molecule has 6 nitrogen and oxygen atoms in total. The van der Waals surface area contributed by atoms with Gasteiger partial charge in [0.25, 0.3) is 5.95 Å². The molecule has 0 fully saturated rings. The third-order valence-electron chi connectivity index (χ3n) is 4.32. The predicted molar refractivity (Wildman–Crippen MR) is 120 cm³/mol. The van der Waals surface area contributed by atoms with Crippen molar-refractivity contribution in [2.24, 2.45) is 0 Å². The molecule has 2 atom stereocenters. The SMILES string of the molecule is C=C(OCC)O[C@@H](/C=C/COCc1ccccc1)[C@@H](O)COCc1ccc(OC)cc1. The van der Waals surface area contributed by atoms with Crippen LogP contribution < -0.4 is 4.74 Å². The fourth-order valence-electron chi connectivity index (χ4n) is 2.72. The first-order valence-electron chi connectivity index (χ1n) is 10.3. The van der Waals surface area contributed by atoms with E-state index in [0.29, 0.717) is 26.4 Å². The van der Waals surface area contributed by atoms with Crippen LogP contribution in [0.3, 0.4) is 0 Å². The number of aliphatic hydroxyl groups excluding tert-OH is 1. The first-order chi connectivity index (χ1) is 15.1. The Kier molecular flexibility index (Phi) is 11.2. The molecule has 0 radical (unpaired) electrons. The Hall–Kier alpha value is -2.80. The summed E-state index contributed by atoms with van der Waals surface area (Å²) in [6, 6.07) is 17.5. The van der Waals surface area contributed by atoms with Crippen molar-refractivity contribution in [1.82, 2.24) is 0 Å². The van der Waals surface area contributed by atoms with E-state index in [9.17, 15) is 5.11 Å². The molecule has 0 aromatic heterocycles. The fraction of sp³-hybridized carbons (Fsp3) is 0.360. The molecule has 0 unspecified atom stereocenters. The molecular weight excluding hydrogens is 396 g/mol. The van der Waals surface area contributed by atoms with Crippen molar-refractivity contribution in [3.05, 3.63) is 90.4 Å². The minimum Gasteiger partial charge on any atom is -0.497 e. The topological polar surface area (TPSA) is 66.4 Å². The Labute approximate surface area is 184 Å². The number of aliphatic hydroxyl groups is 1. The van der Waals surface area contributed by atoms with E-state index in [4.69, 9.17) is 23.7 Å². The van der Waals surface area contributed by atoms with Crippen LogP contribution in [-0.4, -0.2) is 44.2 Å². The van der Waals surface area contributed by atoms with E-state index in [1.54, 1.807) is 19.3 Å². The van der Waals surface area contributed by atoms with Gasteiger partial charge in [-0.3, -0.25) is 0 Å². The molecule has 0 saturated carbocycles. The van der Waals surface area contributed by atoms with E-state index < -0.39 is 12.2 Å². The van der Waals surface area contributed by atoms with Crippen LogP contribution in [-0.2, 0) is 32.2 Å². The quantitative estimate of drug-likeness (QED) is 0.260. The summed E-state index contributed by atoms with van der Waals surface area (Å²) in [5.41, 5.74) is 2.08. The summed E-state index contributed by atoms with van der Waals surface area (Å²) in [5, 5.41) is 10.6. The molecule has 31 heavy (non-hydrogen) atoms. The molecule has 0 amide bonds. The zero-order valence-corrected chi connectivity index (χ0v) is 18.2. The highest BCUT2D eigenvalue weighted by atomic mass is 16.7. The molecule has 0 aliphatic rings. The lowest BCUT2D eigenvalue weighted by Gasteiger charge is -2.22. The Balaban J connectivity index is 1.82. The van der Waals surface area contributed by atoms with Crippen LogP contribution in [0.15, 0.2) is 79.3 Å². The van der Waals surface area contributed by atoms with Crippen molar-refractivity contribution in [1.29, 1.82) is 0 Å². The Morgan fingerprint density at radius 2 is 1.68 bits per heavy atom. The molecular formula is C25H32O6.